The van der Waals surface area contributed by atoms with Crippen molar-refractivity contribution in [2.24, 2.45) is 7.05 Å². The van der Waals surface area contributed by atoms with E-state index in [-0.39, 0.29) is 5.91 Å². The van der Waals surface area contributed by atoms with Crippen LogP contribution in [0.15, 0.2) is 35.8 Å². The quantitative estimate of drug-likeness (QED) is 0.799. The Labute approximate surface area is 137 Å². The van der Waals surface area contributed by atoms with Gasteiger partial charge in [-0.05, 0) is 36.8 Å². The van der Waals surface area contributed by atoms with Crippen LogP contribution < -0.4 is 10.1 Å². The maximum Gasteiger partial charge on any atom is 0.275 e. The van der Waals surface area contributed by atoms with Crippen LogP contribution in [0, 0.1) is 6.92 Å². The molecule has 23 heavy (non-hydrogen) atoms. The number of benzene rings is 1. The minimum absolute atomic E-state index is 0.225. The van der Waals surface area contributed by atoms with Crippen molar-refractivity contribution in [3.8, 4) is 17.0 Å². The third-order valence-corrected chi connectivity index (χ3v) is 4.23. The summed E-state index contributed by atoms with van der Waals surface area (Å²) in [6.45, 7) is 1.99. The fraction of sp³-hybridized carbons (Fsp3) is 0.188. The van der Waals surface area contributed by atoms with E-state index < -0.39 is 0 Å². The largest absolute Gasteiger partial charge is 0.496 e. The van der Waals surface area contributed by atoms with E-state index in [0.717, 1.165) is 22.6 Å². The van der Waals surface area contributed by atoms with Crippen molar-refractivity contribution in [2.45, 2.75) is 6.92 Å². The number of amides is 1. The number of anilines is 1. The van der Waals surface area contributed by atoms with Gasteiger partial charge in [-0.2, -0.15) is 5.10 Å². The Morgan fingerprint density at radius 3 is 2.83 bits per heavy atom. The van der Waals surface area contributed by atoms with Gasteiger partial charge >= 0.3 is 0 Å². The van der Waals surface area contributed by atoms with Crippen molar-refractivity contribution < 1.29 is 9.53 Å². The van der Waals surface area contributed by atoms with E-state index in [4.69, 9.17) is 4.74 Å². The number of aromatic nitrogens is 3. The average molecular weight is 328 g/mol. The zero-order valence-corrected chi connectivity index (χ0v) is 13.8. The van der Waals surface area contributed by atoms with Gasteiger partial charge in [-0.25, -0.2) is 4.98 Å². The van der Waals surface area contributed by atoms with Gasteiger partial charge in [0.15, 0.2) is 5.13 Å². The highest BCUT2D eigenvalue weighted by Crippen LogP contribution is 2.28. The van der Waals surface area contributed by atoms with Crippen LogP contribution in [0.4, 0.5) is 5.13 Å². The predicted octanol–water partition coefficient (Wildman–Crippen LogP) is 3.11. The molecule has 0 aliphatic carbocycles. The Bertz CT molecular complexity index is 853. The number of carbonyl (C=O) groups is 1. The van der Waals surface area contributed by atoms with E-state index in [0.29, 0.717) is 10.8 Å². The molecule has 3 rings (SSSR count). The van der Waals surface area contributed by atoms with Crippen LogP contribution >= 0.6 is 11.3 Å². The summed E-state index contributed by atoms with van der Waals surface area (Å²) < 4.78 is 6.79. The number of carbonyl (C=O) groups excluding carboxylic acids is 1. The second kappa shape index (κ2) is 6.21. The molecule has 0 spiro atoms. The molecule has 0 aliphatic heterocycles. The highest BCUT2D eigenvalue weighted by atomic mass is 32.1. The Morgan fingerprint density at radius 2 is 2.17 bits per heavy atom. The second-order valence-electron chi connectivity index (χ2n) is 5.02. The summed E-state index contributed by atoms with van der Waals surface area (Å²) >= 11 is 1.39. The smallest absolute Gasteiger partial charge is 0.275 e. The Kier molecular flexibility index (Phi) is 4.12. The maximum absolute atomic E-state index is 12.2. The van der Waals surface area contributed by atoms with Gasteiger partial charge in [0, 0.05) is 24.2 Å². The SMILES string of the molecule is COc1ccc(-c2csc(NC(=O)c3ccnn3C)n2)cc1C. The van der Waals surface area contributed by atoms with Gasteiger partial charge in [0.05, 0.1) is 12.8 Å². The van der Waals surface area contributed by atoms with Crippen molar-refractivity contribution in [3.63, 3.8) is 0 Å². The first kappa shape index (κ1) is 15.2. The van der Waals surface area contributed by atoms with Crippen LogP contribution in [0.1, 0.15) is 16.1 Å². The van der Waals surface area contributed by atoms with Crippen LogP contribution in [-0.2, 0) is 7.05 Å². The van der Waals surface area contributed by atoms with Crippen molar-refractivity contribution in [1.29, 1.82) is 0 Å². The zero-order valence-electron chi connectivity index (χ0n) is 13.0. The van der Waals surface area contributed by atoms with Gasteiger partial charge in [0.1, 0.15) is 11.4 Å². The minimum Gasteiger partial charge on any atom is -0.496 e. The monoisotopic (exact) mass is 328 g/mol. The lowest BCUT2D eigenvalue weighted by atomic mass is 10.1. The third kappa shape index (κ3) is 3.09. The summed E-state index contributed by atoms with van der Waals surface area (Å²) in [6, 6.07) is 7.54. The highest BCUT2D eigenvalue weighted by Gasteiger charge is 2.13. The standard InChI is InChI=1S/C16H16N4O2S/c1-10-8-11(4-5-14(10)22-3)12-9-23-16(18-12)19-15(21)13-6-7-17-20(13)2/h4-9H,1-3H3,(H,18,19,21). The van der Waals surface area contributed by atoms with Crippen LogP contribution in [0.5, 0.6) is 5.75 Å². The number of rotatable bonds is 4. The van der Waals surface area contributed by atoms with Crippen molar-refractivity contribution in [3.05, 3.63) is 47.1 Å². The van der Waals surface area contributed by atoms with Crippen LogP contribution in [0.25, 0.3) is 11.3 Å². The molecule has 0 atom stereocenters. The van der Waals surface area contributed by atoms with E-state index in [2.05, 4.69) is 15.4 Å². The molecule has 1 N–H and O–H groups in total. The number of thiazole rings is 1. The molecule has 2 aromatic heterocycles. The van der Waals surface area contributed by atoms with Crippen molar-refractivity contribution in [2.75, 3.05) is 12.4 Å². The van der Waals surface area contributed by atoms with Crippen molar-refractivity contribution in [1.82, 2.24) is 14.8 Å². The van der Waals surface area contributed by atoms with Gasteiger partial charge in [-0.1, -0.05) is 0 Å². The molecule has 0 fully saturated rings. The lowest BCUT2D eigenvalue weighted by Crippen LogP contribution is -2.15. The van der Waals surface area contributed by atoms with Crippen LogP contribution in [0.3, 0.4) is 0 Å². The van der Waals surface area contributed by atoms with E-state index in [1.807, 2.05) is 30.5 Å². The molecular weight excluding hydrogens is 312 g/mol. The van der Waals surface area contributed by atoms with Gasteiger partial charge in [0.25, 0.3) is 5.91 Å². The Morgan fingerprint density at radius 1 is 1.35 bits per heavy atom. The molecule has 0 aliphatic rings. The summed E-state index contributed by atoms with van der Waals surface area (Å²) in [5.74, 6) is 0.616. The van der Waals surface area contributed by atoms with Gasteiger partial charge in [-0.15, -0.1) is 11.3 Å². The van der Waals surface area contributed by atoms with Crippen LogP contribution in [0.2, 0.25) is 0 Å². The molecule has 7 heteroatoms. The lowest BCUT2D eigenvalue weighted by molar-refractivity contribution is 0.101. The molecule has 3 aromatic rings. The molecule has 0 bridgehead atoms. The third-order valence-electron chi connectivity index (χ3n) is 3.47. The number of nitrogens with zero attached hydrogens (tertiary/aromatic N) is 3. The molecule has 6 nitrogen and oxygen atoms in total. The summed E-state index contributed by atoms with van der Waals surface area (Å²) in [7, 11) is 3.37. The van der Waals surface area contributed by atoms with Gasteiger partial charge in [-0.3, -0.25) is 14.8 Å². The zero-order chi connectivity index (χ0) is 16.4. The molecular formula is C16H16N4O2S. The second-order valence-corrected chi connectivity index (χ2v) is 5.87. The lowest BCUT2D eigenvalue weighted by Gasteiger charge is -2.05. The predicted molar refractivity (Wildman–Crippen MR) is 90.0 cm³/mol. The number of hydrogen-bond donors (Lipinski definition) is 1. The fourth-order valence-corrected chi connectivity index (χ4v) is 2.97. The summed E-state index contributed by atoms with van der Waals surface area (Å²) in [4.78, 5) is 16.6. The number of hydrogen-bond acceptors (Lipinski definition) is 5. The highest BCUT2D eigenvalue weighted by molar-refractivity contribution is 7.14. The molecule has 2 heterocycles. The average Bonchev–Trinajstić information content (AvgIpc) is 3.16. The first-order chi connectivity index (χ1) is 11.1. The summed E-state index contributed by atoms with van der Waals surface area (Å²) in [5.41, 5.74) is 3.34. The first-order valence-corrected chi connectivity index (χ1v) is 7.86. The molecule has 0 unspecified atom stereocenters. The normalized spacial score (nSPS) is 10.6. The molecule has 1 aromatic carbocycles. The van der Waals surface area contributed by atoms with Gasteiger partial charge in [0.2, 0.25) is 0 Å². The fourth-order valence-electron chi connectivity index (χ4n) is 2.26. The number of aryl methyl sites for hydroxylation is 2. The Hall–Kier alpha value is -2.67. The molecule has 0 saturated carbocycles. The van der Waals surface area contributed by atoms with Crippen LogP contribution in [-0.4, -0.2) is 27.8 Å². The summed E-state index contributed by atoms with van der Waals surface area (Å²) in [5, 5.41) is 9.25. The van der Waals surface area contributed by atoms with E-state index in [1.54, 1.807) is 26.4 Å². The maximum atomic E-state index is 12.2. The molecule has 1 amide bonds. The Balaban J connectivity index is 1.79. The minimum atomic E-state index is -0.225. The van der Waals surface area contributed by atoms with E-state index in [9.17, 15) is 4.79 Å². The number of methoxy groups -OCH3 is 1. The van der Waals surface area contributed by atoms with Gasteiger partial charge < -0.3 is 4.74 Å². The molecule has 0 radical (unpaired) electrons. The van der Waals surface area contributed by atoms with E-state index in [1.165, 1.54) is 16.0 Å². The first-order valence-electron chi connectivity index (χ1n) is 6.98. The number of ether oxygens (including phenoxy) is 1. The van der Waals surface area contributed by atoms with Crippen molar-refractivity contribution >= 4 is 22.4 Å². The van der Waals surface area contributed by atoms with E-state index >= 15 is 0 Å². The molecule has 0 saturated heterocycles. The molecule has 118 valence electrons. The summed E-state index contributed by atoms with van der Waals surface area (Å²) in [6.07, 6.45) is 1.59. The topological polar surface area (TPSA) is 69.0 Å². The number of nitrogens with one attached hydrogen (secondary N) is 1.